The van der Waals surface area contributed by atoms with Gasteiger partial charge in [0.25, 0.3) is 6.47 Å². The van der Waals surface area contributed by atoms with Gasteiger partial charge in [0.2, 0.25) is 5.91 Å². The van der Waals surface area contributed by atoms with Crippen LogP contribution in [0.2, 0.25) is 0 Å². The number of carboxylic acid groups (broad SMARTS) is 1. The Morgan fingerprint density at radius 1 is 1.52 bits per heavy atom. The van der Waals surface area contributed by atoms with E-state index in [4.69, 9.17) is 15.6 Å². The number of nitrogens with two attached hydrogens (primary N) is 1. The third-order valence-corrected chi connectivity index (χ3v) is 4.40. The number of aromatic nitrogens is 3. The Kier molecular flexibility index (Phi) is 7.23. The van der Waals surface area contributed by atoms with Crippen molar-refractivity contribution in [1.29, 1.82) is 0 Å². The average molecular weight is 364 g/mol. The number of rotatable bonds is 5. The second-order valence-corrected chi connectivity index (χ2v) is 6.30. The van der Waals surface area contributed by atoms with Gasteiger partial charge in [-0.05, 0) is 19.4 Å². The van der Waals surface area contributed by atoms with Crippen LogP contribution in [-0.4, -0.2) is 57.0 Å². The first-order chi connectivity index (χ1) is 12.1. The van der Waals surface area contributed by atoms with Gasteiger partial charge in [-0.25, -0.2) is 9.97 Å². The monoisotopic (exact) mass is 364 g/mol. The van der Waals surface area contributed by atoms with Crippen molar-refractivity contribution in [2.45, 2.75) is 18.8 Å². The Morgan fingerprint density at radius 3 is 3.00 bits per heavy atom. The lowest BCUT2D eigenvalue weighted by molar-refractivity contribution is -0.123. The molecule has 0 saturated carbocycles. The number of thiazole rings is 1. The molecule has 1 amide bonds. The number of nitrogens with zero attached hydrogens (tertiary/aromatic N) is 4. The number of piperidine rings is 1. The first-order valence-corrected chi connectivity index (χ1v) is 8.57. The number of carbonyl (C=O) groups excluding carboxylic acids is 1. The van der Waals surface area contributed by atoms with Crippen LogP contribution in [0.3, 0.4) is 0 Å². The van der Waals surface area contributed by atoms with Crippen molar-refractivity contribution in [3.63, 3.8) is 0 Å². The van der Waals surface area contributed by atoms with Crippen molar-refractivity contribution in [3.05, 3.63) is 29.7 Å². The third kappa shape index (κ3) is 6.08. The second-order valence-electron chi connectivity index (χ2n) is 5.44. The highest BCUT2D eigenvalue weighted by Crippen LogP contribution is 2.30. The average Bonchev–Trinajstić information content (AvgIpc) is 3.05. The van der Waals surface area contributed by atoms with Crippen LogP contribution in [-0.2, 0) is 9.59 Å². The summed E-state index contributed by atoms with van der Waals surface area (Å²) < 4.78 is 0. The minimum atomic E-state index is -0.274. The van der Waals surface area contributed by atoms with Crippen molar-refractivity contribution in [3.8, 4) is 0 Å². The standard InChI is InChI=1S/C14H18N6OS.CH2O2/c15-12(21)8-20-5-1-2-10(7-20)11-9-22-14(18-11)19-13-6-16-3-4-17-13;2-1-3/h3-4,6,9-10H,1-2,5,7-8H2,(H2,15,21)(H,17,18,19);1H,(H,2,3). The zero-order valence-electron chi connectivity index (χ0n) is 13.5. The molecule has 9 nitrogen and oxygen atoms in total. The van der Waals surface area contributed by atoms with E-state index in [-0.39, 0.29) is 12.4 Å². The zero-order valence-corrected chi connectivity index (χ0v) is 14.4. The van der Waals surface area contributed by atoms with Crippen molar-refractivity contribution in [2.24, 2.45) is 5.73 Å². The van der Waals surface area contributed by atoms with Crippen LogP contribution in [0.25, 0.3) is 0 Å². The van der Waals surface area contributed by atoms with E-state index in [1.807, 2.05) is 0 Å². The van der Waals surface area contributed by atoms with Gasteiger partial charge in [0.05, 0.1) is 18.4 Å². The largest absolute Gasteiger partial charge is 0.483 e. The molecule has 1 aliphatic heterocycles. The molecule has 1 saturated heterocycles. The summed E-state index contributed by atoms with van der Waals surface area (Å²) in [4.78, 5) is 34.4. The maximum atomic E-state index is 11.1. The number of anilines is 2. The van der Waals surface area contributed by atoms with Gasteiger partial charge < -0.3 is 16.2 Å². The fraction of sp³-hybridized carbons (Fsp3) is 0.400. The molecule has 1 aliphatic rings. The van der Waals surface area contributed by atoms with E-state index in [1.54, 1.807) is 29.9 Å². The SMILES string of the molecule is NC(=O)CN1CCCC(c2csc(Nc3cnccn3)n2)C1.O=CO. The topological polar surface area (TPSA) is 134 Å². The molecule has 1 unspecified atom stereocenters. The van der Waals surface area contributed by atoms with Gasteiger partial charge in [-0.3, -0.25) is 19.5 Å². The van der Waals surface area contributed by atoms with Crippen LogP contribution < -0.4 is 11.1 Å². The molecule has 10 heteroatoms. The number of likely N-dealkylation sites (tertiary alicyclic amines) is 1. The molecule has 1 fully saturated rings. The number of hydrogen-bond donors (Lipinski definition) is 3. The van der Waals surface area contributed by atoms with Crippen LogP contribution >= 0.6 is 11.3 Å². The number of primary amides is 1. The van der Waals surface area contributed by atoms with Gasteiger partial charge in [0.1, 0.15) is 0 Å². The second kappa shape index (κ2) is 9.64. The van der Waals surface area contributed by atoms with Crippen LogP contribution in [0.4, 0.5) is 10.9 Å². The van der Waals surface area contributed by atoms with Crippen LogP contribution in [0.15, 0.2) is 24.0 Å². The van der Waals surface area contributed by atoms with Crippen LogP contribution in [0, 0.1) is 0 Å². The summed E-state index contributed by atoms with van der Waals surface area (Å²) in [6.45, 7) is 1.83. The van der Waals surface area contributed by atoms with E-state index in [2.05, 4.69) is 30.5 Å². The summed E-state index contributed by atoms with van der Waals surface area (Å²) >= 11 is 1.55. The van der Waals surface area contributed by atoms with Gasteiger partial charge in [-0.1, -0.05) is 0 Å². The van der Waals surface area contributed by atoms with E-state index in [1.165, 1.54) is 0 Å². The maximum absolute atomic E-state index is 11.1. The number of carbonyl (C=O) groups is 2. The summed E-state index contributed by atoms with van der Waals surface area (Å²) in [7, 11) is 0. The maximum Gasteiger partial charge on any atom is 0.290 e. The molecule has 25 heavy (non-hydrogen) atoms. The summed E-state index contributed by atoms with van der Waals surface area (Å²) in [6.07, 6.45) is 7.08. The molecule has 3 rings (SSSR count). The fourth-order valence-electron chi connectivity index (χ4n) is 2.67. The minimum Gasteiger partial charge on any atom is -0.483 e. The molecule has 0 radical (unpaired) electrons. The van der Waals surface area contributed by atoms with Crippen molar-refractivity contribution in [2.75, 3.05) is 25.0 Å². The van der Waals surface area contributed by atoms with E-state index in [9.17, 15) is 4.79 Å². The smallest absolute Gasteiger partial charge is 0.290 e. The lowest BCUT2D eigenvalue weighted by Crippen LogP contribution is -2.40. The van der Waals surface area contributed by atoms with E-state index in [0.717, 1.165) is 36.8 Å². The molecule has 134 valence electrons. The highest BCUT2D eigenvalue weighted by atomic mass is 32.1. The Hall–Kier alpha value is -2.59. The van der Waals surface area contributed by atoms with Crippen LogP contribution in [0.5, 0.6) is 0 Å². The summed E-state index contributed by atoms with van der Waals surface area (Å²) in [5.41, 5.74) is 6.34. The van der Waals surface area contributed by atoms with E-state index < -0.39 is 0 Å². The first kappa shape index (κ1) is 18.7. The van der Waals surface area contributed by atoms with Gasteiger partial charge in [-0.2, -0.15) is 0 Å². The van der Waals surface area contributed by atoms with Crippen molar-refractivity contribution < 1.29 is 14.7 Å². The molecule has 0 spiro atoms. The molecule has 4 N–H and O–H groups in total. The molecule has 3 heterocycles. The Balaban J connectivity index is 0.000000701. The molecule has 0 bridgehead atoms. The zero-order chi connectivity index (χ0) is 18.1. The minimum absolute atomic E-state index is 0.250. The first-order valence-electron chi connectivity index (χ1n) is 7.69. The highest BCUT2D eigenvalue weighted by molar-refractivity contribution is 7.13. The van der Waals surface area contributed by atoms with Crippen molar-refractivity contribution >= 4 is 34.7 Å². The quantitative estimate of drug-likeness (QED) is 0.670. The number of hydrogen-bond acceptors (Lipinski definition) is 8. The number of amides is 1. The number of nitrogens with one attached hydrogen (secondary N) is 1. The van der Waals surface area contributed by atoms with Gasteiger partial charge in [0, 0.05) is 30.2 Å². The summed E-state index contributed by atoms with van der Waals surface area (Å²) in [5, 5.41) is 12.9. The molecular formula is C15H20N6O3S. The Bertz CT molecular complexity index is 681. The molecule has 2 aromatic heterocycles. The molecule has 2 aromatic rings. The molecule has 1 atom stereocenters. The van der Waals surface area contributed by atoms with E-state index in [0.29, 0.717) is 18.3 Å². The molecule has 0 aromatic carbocycles. The third-order valence-electron chi connectivity index (χ3n) is 3.62. The Morgan fingerprint density at radius 2 is 2.32 bits per heavy atom. The predicted molar refractivity (Wildman–Crippen MR) is 93.7 cm³/mol. The fourth-order valence-corrected chi connectivity index (χ4v) is 3.46. The van der Waals surface area contributed by atoms with Crippen LogP contribution in [0.1, 0.15) is 24.5 Å². The summed E-state index contributed by atoms with van der Waals surface area (Å²) in [5.74, 6) is 0.757. The van der Waals surface area contributed by atoms with Gasteiger partial charge in [-0.15, -0.1) is 11.3 Å². The highest BCUT2D eigenvalue weighted by Gasteiger charge is 2.24. The molecule has 0 aliphatic carbocycles. The van der Waals surface area contributed by atoms with Crippen molar-refractivity contribution in [1.82, 2.24) is 19.9 Å². The Labute approximate surface area is 148 Å². The lowest BCUT2D eigenvalue weighted by Gasteiger charge is -2.30. The van der Waals surface area contributed by atoms with Gasteiger partial charge >= 0.3 is 0 Å². The normalized spacial score (nSPS) is 17.2. The lowest BCUT2D eigenvalue weighted by atomic mass is 9.95. The predicted octanol–water partition coefficient (Wildman–Crippen LogP) is 1.04. The van der Waals surface area contributed by atoms with Gasteiger partial charge in [0.15, 0.2) is 10.9 Å². The molecular weight excluding hydrogens is 344 g/mol. The summed E-state index contributed by atoms with van der Waals surface area (Å²) in [6, 6.07) is 0. The van der Waals surface area contributed by atoms with E-state index >= 15 is 0 Å².